The standard InChI is InChI=1S/C6H11FO5/c7-4-3(9)1-12-6(11,2-8)5(4)10/h3-5,8-11H,1-2H2/t3-,4+,5+,6-/m1/s1. The van der Waals surface area contributed by atoms with E-state index in [1.807, 2.05) is 0 Å². The van der Waals surface area contributed by atoms with Crippen LogP contribution in [-0.4, -0.2) is 57.8 Å². The lowest BCUT2D eigenvalue weighted by atomic mass is 9.99. The Balaban J connectivity index is 2.71. The van der Waals surface area contributed by atoms with Crippen LogP contribution in [0.5, 0.6) is 0 Å². The summed E-state index contributed by atoms with van der Waals surface area (Å²) in [4.78, 5) is 0. The van der Waals surface area contributed by atoms with E-state index in [-0.39, 0.29) is 0 Å². The summed E-state index contributed by atoms with van der Waals surface area (Å²) in [6.07, 6.45) is -5.39. The third-order valence-electron chi connectivity index (χ3n) is 1.86. The minimum Gasteiger partial charge on any atom is -0.391 e. The van der Waals surface area contributed by atoms with E-state index in [0.717, 1.165) is 0 Å². The van der Waals surface area contributed by atoms with Gasteiger partial charge < -0.3 is 25.2 Å². The number of alkyl halides is 1. The first kappa shape index (κ1) is 9.82. The van der Waals surface area contributed by atoms with Crippen LogP contribution in [0, 0.1) is 0 Å². The van der Waals surface area contributed by atoms with Crippen LogP contribution >= 0.6 is 0 Å². The number of rotatable bonds is 1. The van der Waals surface area contributed by atoms with E-state index in [0.29, 0.717) is 0 Å². The van der Waals surface area contributed by atoms with Gasteiger partial charge in [-0.3, -0.25) is 0 Å². The first-order chi connectivity index (χ1) is 5.51. The number of aliphatic hydroxyl groups is 4. The fourth-order valence-electron chi connectivity index (χ4n) is 1.01. The summed E-state index contributed by atoms with van der Waals surface area (Å²) >= 11 is 0. The molecule has 0 aliphatic carbocycles. The number of halogens is 1. The Morgan fingerprint density at radius 1 is 1.50 bits per heavy atom. The molecule has 6 heteroatoms. The third kappa shape index (κ3) is 1.44. The zero-order valence-electron chi connectivity index (χ0n) is 6.22. The summed E-state index contributed by atoms with van der Waals surface area (Å²) < 4.78 is 17.3. The molecule has 5 nitrogen and oxygen atoms in total. The molecule has 0 aromatic heterocycles. The van der Waals surface area contributed by atoms with Crippen molar-refractivity contribution < 1.29 is 29.6 Å². The minimum atomic E-state index is -2.29. The maximum absolute atomic E-state index is 12.8. The molecule has 1 aliphatic heterocycles. The number of ether oxygens (including phenoxy) is 1. The van der Waals surface area contributed by atoms with E-state index in [1.54, 1.807) is 0 Å². The molecule has 0 amide bonds. The smallest absolute Gasteiger partial charge is 0.219 e. The zero-order valence-corrected chi connectivity index (χ0v) is 6.22. The van der Waals surface area contributed by atoms with Gasteiger partial charge in [0, 0.05) is 0 Å². The van der Waals surface area contributed by atoms with Gasteiger partial charge in [0.1, 0.15) is 12.2 Å². The van der Waals surface area contributed by atoms with Gasteiger partial charge >= 0.3 is 0 Å². The average Bonchev–Trinajstić information content (AvgIpc) is 2.09. The zero-order chi connectivity index (χ0) is 9.35. The molecule has 1 heterocycles. The monoisotopic (exact) mass is 182 g/mol. The van der Waals surface area contributed by atoms with Gasteiger partial charge in [-0.1, -0.05) is 0 Å². The summed E-state index contributed by atoms with van der Waals surface area (Å²) in [5, 5.41) is 35.5. The number of aliphatic hydroxyl groups excluding tert-OH is 3. The summed E-state index contributed by atoms with van der Waals surface area (Å²) in [5.74, 6) is -2.29. The lowest BCUT2D eigenvalue weighted by Gasteiger charge is -2.39. The summed E-state index contributed by atoms with van der Waals surface area (Å²) in [6, 6.07) is 0. The molecule has 4 N–H and O–H groups in total. The largest absolute Gasteiger partial charge is 0.391 e. The Morgan fingerprint density at radius 3 is 2.58 bits per heavy atom. The Hall–Kier alpha value is -0.270. The SMILES string of the molecule is OC[C@@]1(O)OC[C@@H](O)[C@H](F)[C@@H]1O. The molecule has 0 spiro atoms. The molecular formula is C6H11FO5. The number of hydrogen-bond acceptors (Lipinski definition) is 5. The van der Waals surface area contributed by atoms with Crippen molar-refractivity contribution in [2.24, 2.45) is 0 Å². The van der Waals surface area contributed by atoms with Crippen LogP contribution in [0.15, 0.2) is 0 Å². The highest BCUT2D eigenvalue weighted by atomic mass is 19.1. The van der Waals surface area contributed by atoms with Crippen molar-refractivity contribution in [1.29, 1.82) is 0 Å². The van der Waals surface area contributed by atoms with E-state index in [9.17, 15) is 4.39 Å². The van der Waals surface area contributed by atoms with Crippen LogP contribution in [0.25, 0.3) is 0 Å². The number of hydrogen-bond donors (Lipinski definition) is 4. The molecule has 0 saturated carbocycles. The van der Waals surface area contributed by atoms with Crippen LogP contribution < -0.4 is 0 Å². The summed E-state index contributed by atoms with van der Waals surface area (Å²) in [5.41, 5.74) is 0. The third-order valence-corrected chi connectivity index (χ3v) is 1.86. The van der Waals surface area contributed by atoms with Crippen molar-refractivity contribution in [2.75, 3.05) is 13.2 Å². The molecule has 0 bridgehead atoms. The lowest BCUT2D eigenvalue weighted by molar-refractivity contribution is -0.322. The first-order valence-electron chi connectivity index (χ1n) is 3.48. The highest BCUT2D eigenvalue weighted by molar-refractivity contribution is 4.91. The fourth-order valence-corrected chi connectivity index (χ4v) is 1.01. The van der Waals surface area contributed by atoms with Crippen molar-refractivity contribution in [1.82, 2.24) is 0 Å². The Morgan fingerprint density at radius 2 is 2.08 bits per heavy atom. The predicted octanol–water partition coefficient (Wildman–Crippen LogP) is -2.24. The van der Waals surface area contributed by atoms with E-state index in [2.05, 4.69) is 4.74 Å². The fraction of sp³-hybridized carbons (Fsp3) is 1.00. The maximum atomic E-state index is 12.8. The molecule has 72 valence electrons. The molecule has 1 aliphatic rings. The van der Waals surface area contributed by atoms with Gasteiger partial charge in [-0.2, -0.15) is 0 Å². The normalized spacial score (nSPS) is 49.2. The van der Waals surface area contributed by atoms with Crippen molar-refractivity contribution >= 4 is 0 Å². The highest BCUT2D eigenvalue weighted by Crippen LogP contribution is 2.25. The van der Waals surface area contributed by atoms with Gasteiger partial charge in [-0.05, 0) is 0 Å². The van der Waals surface area contributed by atoms with E-state index in [1.165, 1.54) is 0 Å². The van der Waals surface area contributed by atoms with Gasteiger partial charge in [-0.15, -0.1) is 0 Å². The molecule has 0 aromatic rings. The van der Waals surface area contributed by atoms with Gasteiger partial charge in [0.05, 0.1) is 13.2 Å². The molecule has 1 fully saturated rings. The summed E-state index contributed by atoms with van der Waals surface area (Å²) in [6.45, 7) is -1.36. The van der Waals surface area contributed by atoms with Crippen LogP contribution in [-0.2, 0) is 4.74 Å². The molecule has 12 heavy (non-hydrogen) atoms. The molecule has 1 saturated heterocycles. The molecular weight excluding hydrogens is 171 g/mol. The molecule has 4 atom stereocenters. The predicted molar refractivity (Wildman–Crippen MR) is 34.9 cm³/mol. The van der Waals surface area contributed by atoms with E-state index < -0.39 is 37.4 Å². The quantitative estimate of drug-likeness (QED) is 0.368. The van der Waals surface area contributed by atoms with Crippen LogP contribution in [0.3, 0.4) is 0 Å². The van der Waals surface area contributed by atoms with Crippen LogP contribution in [0.1, 0.15) is 0 Å². The van der Waals surface area contributed by atoms with Crippen LogP contribution in [0.4, 0.5) is 4.39 Å². The van der Waals surface area contributed by atoms with Gasteiger partial charge in [0.2, 0.25) is 5.79 Å². The molecule has 0 unspecified atom stereocenters. The first-order valence-corrected chi connectivity index (χ1v) is 3.48. The average molecular weight is 182 g/mol. The Bertz CT molecular complexity index is 166. The Labute approximate surface area is 68.0 Å². The second-order valence-electron chi connectivity index (χ2n) is 2.77. The summed E-state index contributed by atoms with van der Waals surface area (Å²) in [7, 11) is 0. The van der Waals surface area contributed by atoms with Gasteiger partial charge in [0.25, 0.3) is 0 Å². The van der Waals surface area contributed by atoms with Crippen molar-refractivity contribution in [3.63, 3.8) is 0 Å². The van der Waals surface area contributed by atoms with Crippen molar-refractivity contribution in [3.8, 4) is 0 Å². The van der Waals surface area contributed by atoms with Crippen LogP contribution in [0.2, 0.25) is 0 Å². The topological polar surface area (TPSA) is 90.2 Å². The van der Waals surface area contributed by atoms with E-state index >= 15 is 0 Å². The van der Waals surface area contributed by atoms with Crippen molar-refractivity contribution in [3.05, 3.63) is 0 Å². The second-order valence-corrected chi connectivity index (χ2v) is 2.77. The highest BCUT2D eigenvalue weighted by Gasteiger charge is 2.49. The Kier molecular flexibility index (Phi) is 2.64. The molecule has 0 aromatic carbocycles. The van der Waals surface area contributed by atoms with Gasteiger partial charge in [0.15, 0.2) is 6.17 Å². The minimum absolute atomic E-state index is 0.449. The molecule has 0 radical (unpaired) electrons. The molecule has 1 rings (SSSR count). The van der Waals surface area contributed by atoms with E-state index in [4.69, 9.17) is 20.4 Å². The van der Waals surface area contributed by atoms with Gasteiger partial charge in [-0.25, -0.2) is 4.39 Å². The maximum Gasteiger partial charge on any atom is 0.219 e. The van der Waals surface area contributed by atoms with Crippen molar-refractivity contribution in [2.45, 2.75) is 24.2 Å². The lowest BCUT2D eigenvalue weighted by Crippen LogP contribution is -2.61. The second kappa shape index (κ2) is 3.23.